The van der Waals surface area contributed by atoms with Gasteiger partial charge in [0, 0.05) is 25.5 Å². The van der Waals surface area contributed by atoms with Crippen molar-refractivity contribution in [3.05, 3.63) is 78.9 Å². The Kier molecular flexibility index (Phi) is 6.86. The molecule has 2 aromatic carbocycles. The Morgan fingerprint density at radius 1 is 1.00 bits per heavy atom. The molecule has 0 saturated heterocycles. The fourth-order valence-electron chi connectivity index (χ4n) is 2.48. The van der Waals surface area contributed by atoms with Gasteiger partial charge in [0.1, 0.15) is 18.1 Å². The molecular weight excluding hydrogens is 342 g/mol. The first kappa shape index (κ1) is 18.5. The van der Waals surface area contributed by atoms with Crippen LogP contribution in [0, 0.1) is 0 Å². The maximum absolute atomic E-state index is 11.8. The molecule has 0 unspecified atom stereocenters. The summed E-state index contributed by atoms with van der Waals surface area (Å²) in [6.45, 7) is 1.94. The van der Waals surface area contributed by atoms with E-state index in [1.807, 2.05) is 53.2 Å². The van der Waals surface area contributed by atoms with Gasteiger partial charge in [0.05, 0.1) is 6.33 Å². The topological polar surface area (TPSA) is 65.4 Å². The summed E-state index contributed by atoms with van der Waals surface area (Å²) < 4.78 is 13.2. The molecule has 0 aliphatic heterocycles. The molecule has 6 heteroatoms. The summed E-state index contributed by atoms with van der Waals surface area (Å²) in [6, 6.07) is 17.3. The summed E-state index contributed by atoms with van der Waals surface area (Å²) in [5, 5.41) is 2.84. The van der Waals surface area contributed by atoms with E-state index in [1.165, 1.54) is 0 Å². The van der Waals surface area contributed by atoms with Crippen LogP contribution in [0.25, 0.3) is 0 Å². The largest absolute Gasteiger partial charge is 0.489 e. The predicted molar refractivity (Wildman–Crippen MR) is 103 cm³/mol. The summed E-state index contributed by atoms with van der Waals surface area (Å²) in [7, 11) is 0. The van der Waals surface area contributed by atoms with Crippen LogP contribution in [0.5, 0.6) is 11.5 Å². The Balaban J connectivity index is 1.32. The van der Waals surface area contributed by atoms with E-state index in [4.69, 9.17) is 9.47 Å². The molecule has 140 valence electrons. The molecule has 27 heavy (non-hydrogen) atoms. The molecule has 0 atom stereocenters. The molecule has 0 bridgehead atoms. The monoisotopic (exact) mass is 365 g/mol. The molecule has 0 aliphatic rings. The van der Waals surface area contributed by atoms with Crippen molar-refractivity contribution < 1.29 is 14.3 Å². The Labute approximate surface area is 158 Å². The summed E-state index contributed by atoms with van der Waals surface area (Å²) in [6.07, 6.45) is 6.25. The highest BCUT2D eigenvalue weighted by Gasteiger charge is 2.03. The lowest BCUT2D eigenvalue weighted by molar-refractivity contribution is -0.123. The zero-order chi connectivity index (χ0) is 18.7. The van der Waals surface area contributed by atoms with Crippen LogP contribution in [0.3, 0.4) is 0 Å². The highest BCUT2D eigenvalue weighted by atomic mass is 16.5. The number of aromatic nitrogens is 2. The van der Waals surface area contributed by atoms with E-state index in [2.05, 4.69) is 10.3 Å². The molecule has 0 fully saturated rings. The zero-order valence-corrected chi connectivity index (χ0v) is 15.1. The van der Waals surface area contributed by atoms with Gasteiger partial charge in [-0.2, -0.15) is 0 Å². The third kappa shape index (κ3) is 6.51. The average Bonchev–Trinajstić information content (AvgIpc) is 3.23. The van der Waals surface area contributed by atoms with Crippen molar-refractivity contribution >= 4 is 5.91 Å². The third-order valence-electron chi connectivity index (χ3n) is 3.92. The number of carbonyl (C=O) groups excluding carboxylic acids is 1. The molecule has 1 heterocycles. The predicted octanol–water partition coefficient (Wildman–Crippen LogP) is 3.05. The minimum Gasteiger partial charge on any atom is -0.489 e. The first-order valence-electron chi connectivity index (χ1n) is 8.91. The summed E-state index contributed by atoms with van der Waals surface area (Å²) >= 11 is 0. The van der Waals surface area contributed by atoms with Gasteiger partial charge in [-0.05, 0) is 36.2 Å². The van der Waals surface area contributed by atoms with E-state index >= 15 is 0 Å². The fraction of sp³-hybridized carbons (Fsp3) is 0.238. The fourth-order valence-corrected chi connectivity index (χ4v) is 2.48. The number of hydrogen-bond donors (Lipinski definition) is 1. The second-order valence-electron chi connectivity index (χ2n) is 6.04. The second kappa shape index (κ2) is 10.0. The molecular formula is C21H23N3O3. The molecule has 6 nitrogen and oxygen atoms in total. The zero-order valence-electron chi connectivity index (χ0n) is 15.1. The van der Waals surface area contributed by atoms with E-state index in [-0.39, 0.29) is 12.5 Å². The number of nitrogens with one attached hydrogen (secondary N) is 1. The van der Waals surface area contributed by atoms with Crippen molar-refractivity contribution in [1.29, 1.82) is 0 Å². The molecule has 3 rings (SSSR count). The van der Waals surface area contributed by atoms with Crippen molar-refractivity contribution in [3.8, 4) is 11.5 Å². The number of carbonyl (C=O) groups is 1. The van der Waals surface area contributed by atoms with Crippen LogP contribution < -0.4 is 14.8 Å². The van der Waals surface area contributed by atoms with E-state index in [9.17, 15) is 4.79 Å². The Bertz CT molecular complexity index is 802. The maximum Gasteiger partial charge on any atom is 0.257 e. The quantitative estimate of drug-likeness (QED) is 0.561. The molecule has 0 aliphatic carbocycles. The van der Waals surface area contributed by atoms with E-state index in [1.54, 1.807) is 24.7 Å². The normalized spacial score (nSPS) is 10.4. The minimum atomic E-state index is -0.134. The van der Waals surface area contributed by atoms with Crippen LogP contribution in [-0.4, -0.2) is 28.6 Å². The minimum absolute atomic E-state index is 0.00467. The molecule has 0 radical (unpaired) electrons. The number of benzene rings is 2. The molecule has 0 spiro atoms. The standard InChI is InChI=1S/C21H23N3O3/c25-21(23-11-4-13-24-14-12-22-17-24)16-27-20-9-7-19(8-10-20)26-15-18-5-2-1-3-6-18/h1-3,5-10,12,14,17H,4,11,13,15-16H2,(H,23,25). The van der Waals surface area contributed by atoms with Gasteiger partial charge < -0.3 is 19.4 Å². The van der Waals surface area contributed by atoms with Gasteiger partial charge in [0.25, 0.3) is 5.91 Å². The van der Waals surface area contributed by atoms with Crippen molar-refractivity contribution in [1.82, 2.24) is 14.9 Å². The molecule has 1 N–H and O–H groups in total. The van der Waals surface area contributed by atoms with Crippen LogP contribution in [0.2, 0.25) is 0 Å². The molecule has 1 amide bonds. The lowest BCUT2D eigenvalue weighted by Gasteiger charge is -2.09. The summed E-state index contributed by atoms with van der Waals surface area (Å²) in [5.41, 5.74) is 1.11. The number of nitrogens with zero attached hydrogens (tertiary/aromatic N) is 2. The van der Waals surface area contributed by atoms with Gasteiger partial charge in [-0.15, -0.1) is 0 Å². The average molecular weight is 365 g/mol. The second-order valence-corrected chi connectivity index (χ2v) is 6.04. The van der Waals surface area contributed by atoms with E-state index in [0.29, 0.717) is 18.9 Å². The molecule has 1 aromatic heterocycles. The van der Waals surface area contributed by atoms with Crippen LogP contribution in [0.1, 0.15) is 12.0 Å². The van der Waals surface area contributed by atoms with Crippen molar-refractivity contribution in [2.24, 2.45) is 0 Å². The highest BCUT2D eigenvalue weighted by Crippen LogP contribution is 2.18. The van der Waals surface area contributed by atoms with Gasteiger partial charge in [0.15, 0.2) is 6.61 Å². The van der Waals surface area contributed by atoms with Crippen LogP contribution in [-0.2, 0) is 17.9 Å². The number of amides is 1. The third-order valence-corrected chi connectivity index (χ3v) is 3.92. The lowest BCUT2D eigenvalue weighted by atomic mass is 10.2. The molecule has 3 aromatic rings. The first-order chi connectivity index (χ1) is 13.3. The van der Waals surface area contributed by atoms with Gasteiger partial charge in [-0.1, -0.05) is 30.3 Å². The summed E-state index contributed by atoms with van der Waals surface area (Å²) in [5.74, 6) is 1.26. The Morgan fingerprint density at radius 3 is 2.44 bits per heavy atom. The van der Waals surface area contributed by atoms with Gasteiger partial charge in [-0.25, -0.2) is 4.98 Å². The van der Waals surface area contributed by atoms with Gasteiger partial charge in [-0.3, -0.25) is 4.79 Å². The Morgan fingerprint density at radius 2 is 1.74 bits per heavy atom. The van der Waals surface area contributed by atoms with Crippen LogP contribution in [0.15, 0.2) is 73.3 Å². The first-order valence-corrected chi connectivity index (χ1v) is 8.91. The lowest BCUT2D eigenvalue weighted by Crippen LogP contribution is -2.30. The van der Waals surface area contributed by atoms with E-state index < -0.39 is 0 Å². The van der Waals surface area contributed by atoms with Crippen molar-refractivity contribution in [3.63, 3.8) is 0 Å². The Hall–Kier alpha value is -3.28. The number of imidazole rings is 1. The highest BCUT2D eigenvalue weighted by molar-refractivity contribution is 5.77. The number of rotatable bonds is 10. The molecule has 0 saturated carbocycles. The number of aryl methyl sites for hydroxylation is 1. The van der Waals surface area contributed by atoms with Crippen LogP contribution in [0.4, 0.5) is 0 Å². The SMILES string of the molecule is O=C(COc1ccc(OCc2ccccc2)cc1)NCCCn1ccnc1. The number of hydrogen-bond acceptors (Lipinski definition) is 4. The smallest absolute Gasteiger partial charge is 0.257 e. The number of ether oxygens (including phenoxy) is 2. The van der Waals surface area contributed by atoms with E-state index in [0.717, 1.165) is 24.3 Å². The summed E-state index contributed by atoms with van der Waals surface area (Å²) in [4.78, 5) is 15.8. The van der Waals surface area contributed by atoms with Gasteiger partial charge >= 0.3 is 0 Å². The van der Waals surface area contributed by atoms with Crippen molar-refractivity contribution in [2.75, 3.05) is 13.2 Å². The van der Waals surface area contributed by atoms with Crippen molar-refractivity contribution in [2.45, 2.75) is 19.6 Å². The van der Waals surface area contributed by atoms with Crippen LogP contribution >= 0.6 is 0 Å². The van der Waals surface area contributed by atoms with Gasteiger partial charge in [0.2, 0.25) is 0 Å². The maximum atomic E-state index is 11.8.